The predicted molar refractivity (Wildman–Crippen MR) is 70.8 cm³/mol. The fourth-order valence-electron chi connectivity index (χ4n) is 1.31. The molecule has 0 unspecified atom stereocenters. The average molecular weight is 301 g/mol. The van der Waals surface area contributed by atoms with Gasteiger partial charge in [0.1, 0.15) is 5.71 Å². The van der Waals surface area contributed by atoms with Gasteiger partial charge in [-0.1, -0.05) is 41.6 Å². The highest BCUT2D eigenvalue weighted by molar-refractivity contribution is 6.08. The SMILES string of the molecule is COC(=O)C/C=C/C(=N/OCC(F)(F)F)c1ccccc1. The van der Waals surface area contributed by atoms with Crippen molar-refractivity contribution < 1.29 is 27.5 Å². The monoisotopic (exact) mass is 301 g/mol. The molecular weight excluding hydrogens is 287 g/mol. The lowest BCUT2D eigenvalue weighted by Crippen LogP contribution is -2.15. The summed E-state index contributed by atoms with van der Waals surface area (Å²) in [6.07, 6.45) is -1.63. The van der Waals surface area contributed by atoms with E-state index in [1.165, 1.54) is 19.3 Å². The predicted octanol–water partition coefficient (Wildman–Crippen LogP) is 3.09. The van der Waals surface area contributed by atoms with Gasteiger partial charge in [-0.2, -0.15) is 13.2 Å². The van der Waals surface area contributed by atoms with Crippen LogP contribution in [0.1, 0.15) is 12.0 Å². The molecule has 0 heterocycles. The molecule has 0 spiro atoms. The summed E-state index contributed by atoms with van der Waals surface area (Å²) in [5, 5.41) is 3.46. The van der Waals surface area contributed by atoms with Crippen molar-refractivity contribution in [3.8, 4) is 0 Å². The molecular formula is C14H14F3NO3. The fourth-order valence-corrected chi connectivity index (χ4v) is 1.31. The van der Waals surface area contributed by atoms with Crippen LogP contribution >= 0.6 is 0 Å². The summed E-state index contributed by atoms with van der Waals surface area (Å²) in [4.78, 5) is 15.3. The number of methoxy groups -OCH3 is 1. The molecule has 1 aromatic carbocycles. The summed E-state index contributed by atoms with van der Waals surface area (Å²) in [7, 11) is 1.24. The Bertz CT molecular complexity index is 510. The zero-order valence-corrected chi connectivity index (χ0v) is 11.3. The Hall–Kier alpha value is -2.31. The van der Waals surface area contributed by atoms with Crippen molar-refractivity contribution in [2.75, 3.05) is 13.7 Å². The molecule has 0 aliphatic carbocycles. The molecule has 0 aliphatic heterocycles. The number of esters is 1. The molecule has 0 aliphatic rings. The van der Waals surface area contributed by atoms with Crippen molar-refractivity contribution in [1.29, 1.82) is 0 Å². The molecule has 0 saturated heterocycles. The normalized spacial score (nSPS) is 12.5. The highest BCUT2D eigenvalue weighted by Gasteiger charge is 2.28. The Kier molecular flexibility index (Phi) is 6.45. The fraction of sp³-hybridized carbons (Fsp3) is 0.286. The molecule has 0 radical (unpaired) electrons. The first kappa shape index (κ1) is 16.7. The van der Waals surface area contributed by atoms with Crippen LogP contribution in [0.15, 0.2) is 47.6 Å². The summed E-state index contributed by atoms with van der Waals surface area (Å²) in [5.41, 5.74) is 0.754. The lowest BCUT2D eigenvalue weighted by molar-refractivity contribution is -0.173. The minimum absolute atomic E-state index is 0.0123. The smallest absolute Gasteiger partial charge is 0.425 e. The Morgan fingerprint density at radius 3 is 2.52 bits per heavy atom. The highest BCUT2D eigenvalue weighted by atomic mass is 19.4. The van der Waals surface area contributed by atoms with Gasteiger partial charge in [-0.05, 0) is 6.08 Å². The quantitative estimate of drug-likeness (QED) is 0.461. The van der Waals surface area contributed by atoms with Crippen LogP contribution in [0.4, 0.5) is 13.2 Å². The lowest BCUT2D eigenvalue weighted by atomic mass is 10.1. The van der Waals surface area contributed by atoms with E-state index in [0.717, 1.165) is 0 Å². The Balaban J connectivity index is 2.80. The van der Waals surface area contributed by atoms with Crippen molar-refractivity contribution in [1.82, 2.24) is 0 Å². The number of benzene rings is 1. The van der Waals surface area contributed by atoms with E-state index in [2.05, 4.69) is 14.7 Å². The minimum atomic E-state index is -4.46. The number of halogens is 3. The highest BCUT2D eigenvalue weighted by Crippen LogP contribution is 2.15. The summed E-state index contributed by atoms with van der Waals surface area (Å²) in [6.45, 7) is -1.48. The molecule has 0 amide bonds. The standard InChI is InChI=1S/C14H14F3NO3/c1-20-13(19)9-5-8-12(11-6-3-2-4-7-11)18-21-10-14(15,16)17/h2-8H,9-10H2,1H3/b8-5+,18-12-. The molecule has 0 atom stereocenters. The summed E-state index contributed by atoms with van der Waals surface area (Å²) >= 11 is 0. The van der Waals surface area contributed by atoms with E-state index < -0.39 is 18.8 Å². The largest absolute Gasteiger partial charge is 0.469 e. The molecule has 0 saturated carbocycles. The molecule has 0 fully saturated rings. The first-order valence-electron chi connectivity index (χ1n) is 5.98. The van der Waals surface area contributed by atoms with Gasteiger partial charge in [0.2, 0.25) is 6.61 Å². The van der Waals surface area contributed by atoms with Gasteiger partial charge in [0, 0.05) is 5.56 Å². The van der Waals surface area contributed by atoms with Crippen LogP contribution in [0.5, 0.6) is 0 Å². The third kappa shape index (κ3) is 7.14. The number of carbonyl (C=O) groups excluding carboxylic acids is 1. The van der Waals surface area contributed by atoms with E-state index in [1.54, 1.807) is 30.3 Å². The van der Waals surface area contributed by atoms with Gasteiger partial charge in [-0.25, -0.2) is 0 Å². The van der Waals surface area contributed by atoms with Gasteiger partial charge >= 0.3 is 12.1 Å². The van der Waals surface area contributed by atoms with Crippen LogP contribution in [-0.2, 0) is 14.4 Å². The third-order valence-corrected chi connectivity index (χ3v) is 2.25. The maximum Gasteiger partial charge on any atom is 0.425 e. The van der Waals surface area contributed by atoms with Gasteiger partial charge in [-0.3, -0.25) is 4.79 Å². The maximum atomic E-state index is 12.0. The van der Waals surface area contributed by atoms with Crippen LogP contribution in [0.25, 0.3) is 0 Å². The summed E-state index contributed by atoms with van der Waals surface area (Å²) < 4.78 is 40.6. The second-order valence-corrected chi connectivity index (χ2v) is 3.91. The number of alkyl halides is 3. The Labute approximate surface area is 119 Å². The number of carbonyl (C=O) groups is 1. The molecule has 114 valence electrons. The zero-order valence-electron chi connectivity index (χ0n) is 11.3. The van der Waals surface area contributed by atoms with E-state index in [1.807, 2.05) is 0 Å². The van der Waals surface area contributed by atoms with Crippen molar-refractivity contribution in [2.24, 2.45) is 5.16 Å². The van der Waals surface area contributed by atoms with Crippen molar-refractivity contribution in [3.05, 3.63) is 48.0 Å². The zero-order chi connectivity index (χ0) is 15.7. The maximum absolute atomic E-state index is 12.0. The van der Waals surface area contributed by atoms with E-state index in [4.69, 9.17) is 0 Å². The van der Waals surface area contributed by atoms with Crippen molar-refractivity contribution >= 4 is 11.7 Å². The molecule has 21 heavy (non-hydrogen) atoms. The first-order chi connectivity index (χ1) is 9.92. The van der Waals surface area contributed by atoms with Crippen LogP contribution in [0, 0.1) is 0 Å². The lowest BCUT2D eigenvalue weighted by Gasteiger charge is -2.06. The van der Waals surface area contributed by atoms with Gasteiger partial charge in [-0.15, -0.1) is 0 Å². The topological polar surface area (TPSA) is 47.9 Å². The number of hydrogen-bond acceptors (Lipinski definition) is 4. The van der Waals surface area contributed by atoms with Crippen LogP contribution < -0.4 is 0 Å². The molecule has 0 N–H and O–H groups in total. The van der Waals surface area contributed by atoms with Crippen molar-refractivity contribution in [2.45, 2.75) is 12.6 Å². The third-order valence-electron chi connectivity index (χ3n) is 2.25. The molecule has 4 nitrogen and oxygen atoms in total. The number of ether oxygens (including phenoxy) is 1. The van der Waals surface area contributed by atoms with Gasteiger partial charge < -0.3 is 9.57 Å². The Morgan fingerprint density at radius 2 is 1.95 bits per heavy atom. The number of allylic oxidation sites excluding steroid dienone is 1. The van der Waals surface area contributed by atoms with Crippen LogP contribution in [0.2, 0.25) is 0 Å². The van der Waals surface area contributed by atoms with E-state index in [-0.39, 0.29) is 12.1 Å². The number of nitrogens with zero attached hydrogens (tertiary/aromatic N) is 1. The van der Waals surface area contributed by atoms with E-state index in [0.29, 0.717) is 5.56 Å². The average Bonchev–Trinajstić information content (AvgIpc) is 2.45. The Morgan fingerprint density at radius 1 is 1.29 bits per heavy atom. The molecule has 0 bridgehead atoms. The number of hydrogen-bond donors (Lipinski definition) is 0. The second-order valence-electron chi connectivity index (χ2n) is 3.91. The number of oxime groups is 1. The van der Waals surface area contributed by atoms with Gasteiger partial charge in [0.15, 0.2) is 0 Å². The molecule has 1 aromatic rings. The van der Waals surface area contributed by atoms with Crippen LogP contribution in [0.3, 0.4) is 0 Å². The first-order valence-corrected chi connectivity index (χ1v) is 5.98. The molecule has 0 aromatic heterocycles. The van der Waals surface area contributed by atoms with Gasteiger partial charge in [0.25, 0.3) is 0 Å². The molecule has 7 heteroatoms. The van der Waals surface area contributed by atoms with E-state index >= 15 is 0 Å². The second kappa shape index (κ2) is 8.08. The number of rotatable bonds is 6. The van der Waals surface area contributed by atoms with Crippen molar-refractivity contribution in [3.63, 3.8) is 0 Å². The summed E-state index contributed by atoms with van der Waals surface area (Å²) in [6, 6.07) is 8.51. The van der Waals surface area contributed by atoms with Crippen LogP contribution in [-0.4, -0.2) is 31.6 Å². The minimum Gasteiger partial charge on any atom is -0.469 e. The molecule has 1 rings (SSSR count). The van der Waals surface area contributed by atoms with Gasteiger partial charge in [0.05, 0.1) is 13.5 Å². The summed E-state index contributed by atoms with van der Waals surface area (Å²) in [5.74, 6) is -0.463. The van der Waals surface area contributed by atoms with E-state index in [9.17, 15) is 18.0 Å².